The molecule has 0 aromatic heterocycles. The van der Waals surface area contributed by atoms with E-state index in [2.05, 4.69) is 6.07 Å². The van der Waals surface area contributed by atoms with Crippen LogP contribution in [0.3, 0.4) is 0 Å². The summed E-state index contributed by atoms with van der Waals surface area (Å²) < 4.78 is 10.4. The van der Waals surface area contributed by atoms with E-state index in [4.69, 9.17) is 20.5 Å². The number of hydrogen-bond acceptors (Lipinski definition) is 6. The minimum absolute atomic E-state index is 0.145. The number of nitro benzene ring substituents is 1. The Morgan fingerprint density at radius 2 is 2.24 bits per heavy atom. The van der Waals surface area contributed by atoms with Crippen molar-refractivity contribution < 1.29 is 14.4 Å². The first-order valence-corrected chi connectivity index (χ1v) is 6.61. The van der Waals surface area contributed by atoms with Gasteiger partial charge in [0.1, 0.15) is 11.3 Å². The van der Waals surface area contributed by atoms with Crippen molar-refractivity contribution in [3.63, 3.8) is 0 Å². The van der Waals surface area contributed by atoms with E-state index in [-0.39, 0.29) is 11.4 Å². The molecule has 7 nitrogen and oxygen atoms in total. The second kappa shape index (κ2) is 7.45. The Hall–Kier alpha value is -2.33. The van der Waals surface area contributed by atoms with E-state index in [1.54, 1.807) is 6.07 Å². The SMILES string of the molecule is CCC(N)(C#N)CCCOc1ccc(OC)c([N+](=O)[O-])c1. The summed E-state index contributed by atoms with van der Waals surface area (Å²) in [4.78, 5) is 10.4. The van der Waals surface area contributed by atoms with Crippen LogP contribution in [0.15, 0.2) is 18.2 Å². The van der Waals surface area contributed by atoms with Gasteiger partial charge < -0.3 is 15.2 Å². The molecule has 0 aliphatic rings. The average molecular weight is 293 g/mol. The topological polar surface area (TPSA) is 111 Å². The van der Waals surface area contributed by atoms with Crippen LogP contribution in [-0.2, 0) is 0 Å². The maximum absolute atomic E-state index is 10.9. The molecule has 0 amide bonds. The van der Waals surface area contributed by atoms with Crippen molar-refractivity contribution in [3.8, 4) is 17.6 Å². The molecule has 0 saturated heterocycles. The Morgan fingerprint density at radius 3 is 2.76 bits per heavy atom. The lowest BCUT2D eigenvalue weighted by atomic mass is 9.94. The Morgan fingerprint density at radius 1 is 1.52 bits per heavy atom. The van der Waals surface area contributed by atoms with E-state index >= 15 is 0 Å². The molecule has 1 rings (SSSR count). The predicted octanol–water partition coefficient (Wildman–Crippen LogP) is 2.39. The summed E-state index contributed by atoms with van der Waals surface area (Å²) in [6, 6.07) is 6.49. The molecular weight excluding hydrogens is 274 g/mol. The summed E-state index contributed by atoms with van der Waals surface area (Å²) in [5, 5.41) is 19.8. The smallest absolute Gasteiger partial charge is 0.314 e. The third-order valence-electron chi connectivity index (χ3n) is 3.24. The van der Waals surface area contributed by atoms with Gasteiger partial charge in [0.25, 0.3) is 0 Å². The van der Waals surface area contributed by atoms with Crippen molar-refractivity contribution in [2.75, 3.05) is 13.7 Å². The standard InChI is InChI=1S/C14H19N3O4/c1-3-14(16,10-15)7-4-8-21-11-5-6-13(20-2)12(9-11)17(18)19/h5-6,9H,3-4,7-8,16H2,1-2H3. The number of methoxy groups -OCH3 is 1. The van der Waals surface area contributed by atoms with Crippen molar-refractivity contribution >= 4 is 5.69 Å². The highest BCUT2D eigenvalue weighted by Gasteiger charge is 2.21. The number of ether oxygens (including phenoxy) is 2. The lowest BCUT2D eigenvalue weighted by Crippen LogP contribution is -2.37. The Labute approximate surface area is 123 Å². The molecule has 0 radical (unpaired) electrons. The van der Waals surface area contributed by atoms with Crippen LogP contribution in [0.4, 0.5) is 5.69 Å². The van der Waals surface area contributed by atoms with Crippen LogP contribution in [0.1, 0.15) is 26.2 Å². The summed E-state index contributed by atoms with van der Waals surface area (Å²) in [7, 11) is 1.37. The van der Waals surface area contributed by atoms with Gasteiger partial charge in [-0.05, 0) is 31.4 Å². The number of nitrogens with two attached hydrogens (primary N) is 1. The van der Waals surface area contributed by atoms with Crippen LogP contribution < -0.4 is 15.2 Å². The summed E-state index contributed by atoms with van der Waals surface area (Å²) in [6.07, 6.45) is 1.67. The van der Waals surface area contributed by atoms with Crippen LogP contribution in [0.2, 0.25) is 0 Å². The van der Waals surface area contributed by atoms with Crippen molar-refractivity contribution in [2.45, 2.75) is 31.7 Å². The largest absolute Gasteiger partial charge is 0.493 e. The van der Waals surface area contributed by atoms with Crippen molar-refractivity contribution in [3.05, 3.63) is 28.3 Å². The molecule has 2 N–H and O–H groups in total. The fourth-order valence-corrected chi connectivity index (χ4v) is 1.79. The predicted molar refractivity (Wildman–Crippen MR) is 77.2 cm³/mol. The number of hydrogen-bond donors (Lipinski definition) is 1. The van der Waals surface area contributed by atoms with Crippen LogP contribution in [0.5, 0.6) is 11.5 Å². The lowest BCUT2D eigenvalue weighted by Gasteiger charge is -2.18. The van der Waals surface area contributed by atoms with E-state index in [0.717, 1.165) is 0 Å². The molecule has 1 atom stereocenters. The zero-order valence-electron chi connectivity index (χ0n) is 12.2. The second-order valence-electron chi connectivity index (χ2n) is 4.66. The average Bonchev–Trinajstić information content (AvgIpc) is 2.51. The molecule has 7 heteroatoms. The number of nitrogens with zero attached hydrogens (tertiary/aromatic N) is 2. The normalized spacial score (nSPS) is 13.0. The van der Waals surface area contributed by atoms with E-state index in [9.17, 15) is 10.1 Å². The molecule has 1 unspecified atom stereocenters. The molecule has 0 bridgehead atoms. The quantitative estimate of drug-likeness (QED) is 0.447. The number of nitro groups is 1. The minimum atomic E-state index is -0.838. The van der Waals surface area contributed by atoms with Crippen LogP contribution >= 0.6 is 0 Å². The molecule has 0 spiro atoms. The highest BCUT2D eigenvalue weighted by molar-refractivity contribution is 5.50. The lowest BCUT2D eigenvalue weighted by molar-refractivity contribution is -0.385. The minimum Gasteiger partial charge on any atom is -0.493 e. The molecule has 0 saturated carbocycles. The monoisotopic (exact) mass is 293 g/mol. The van der Waals surface area contributed by atoms with Gasteiger partial charge in [-0.3, -0.25) is 10.1 Å². The summed E-state index contributed by atoms with van der Waals surface area (Å²) >= 11 is 0. The maximum Gasteiger partial charge on any atom is 0.314 e. The molecule has 1 aromatic carbocycles. The van der Waals surface area contributed by atoms with Gasteiger partial charge in [0.05, 0.1) is 30.8 Å². The van der Waals surface area contributed by atoms with E-state index in [0.29, 0.717) is 31.6 Å². The third kappa shape index (κ3) is 4.61. The summed E-state index contributed by atoms with van der Waals surface area (Å²) in [6.45, 7) is 2.20. The van der Waals surface area contributed by atoms with Crippen LogP contribution in [-0.4, -0.2) is 24.2 Å². The van der Waals surface area contributed by atoms with Gasteiger partial charge in [0.15, 0.2) is 5.75 Å². The van der Waals surface area contributed by atoms with Gasteiger partial charge in [0, 0.05) is 0 Å². The molecule has 0 fully saturated rings. The summed E-state index contributed by atoms with van der Waals surface area (Å²) in [5.41, 5.74) is 4.87. The van der Waals surface area contributed by atoms with Crippen LogP contribution in [0.25, 0.3) is 0 Å². The molecule has 0 heterocycles. The highest BCUT2D eigenvalue weighted by Crippen LogP contribution is 2.30. The number of rotatable bonds is 8. The van der Waals surface area contributed by atoms with Gasteiger partial charge in [-0.15, -0.1) is 0 Å². The molecule has 1 aromatic rings. The second-order valence-corrected chi connectivity index (χ2v) is 4.66. The van der Waals surface area contributed by atoms with E-state index in [1.165, 1.54) is 19.2 Å². The summed E-state index contributed by atoms with van der Waals surface area (Å²) in [5.74, 6) is 0.572. The number of benzene rings is 1. The van der Waals surface area contributed by atoms with Crippen molar-refractivity contribution in [1.82, 2.24) is 0 Å². The number of nitriles is 1. The van der Waals surface area contributed by atoms with Gasteiger partial charge in [-0.25, -0.2) is 0 Å². The third-order valence-corrected chi connectivity index (χ3v) is 3.24. The fraction of sp³-hybridized carbons (Fsp3) is 0.500. The zero-order valence-corrected chi connectivity index (χ0v) is 12.2. The van der Waals surface area contributed by atoms with Crippen molar-refractivity contribution in [1.29, 1.82) is 5.26 Å². The first-order valence-electron chi connectivity index (χ1n) is 6.61. The molecule has 21 heavy (non-hydrogen) atoms. The molecule has 0 aliphatic carbocycles. The zero-order chi connectivity index (χ0) is 15.9. The first kappa shape index (κ1) is 16.7. The van der Waals surface area contributed by atoms with Gasteiger partial charge in [-0.1, -0.05) is 6.92 Å². The Balaban J connectivity index is 2.59. The molecule has 0 aliphatic heterocycles. The van der Waals surface area contributed by atoms with Gasteiger partial charge >= 0.3 is 5.69 Å². The van der Waals surface area contributed by atoms with Crippen LogP contribution in [0, 0.1) is 21.4 Å². The van der Waals surface area contributed by atoms with E-state index < -0.39 is 10.5 Å². The van der Waals surface area contributed by atoms with Crippen molar-refractivity contribution in [2.24, 2.45) is 5.73 Å². The first-order chi connectivity index (χ1) is 9.95. The van der Waals surface area contributed by atoms with Gasteiger partial charge in [-0.2, -0.15) is 5.26 Å². The molecular formula is C14H19N3O4. The fourth-order valence-electron chi connectivity index (χ4n) is 1.79. The molecule has 114 valence electrons. The highest BCUT2D eigenvalue weighted by atomic mass is 16.6. The van der Waals surface area contributed by atoms with E-state index in [1.807, 2.05) is 6.92 Å². The maximum atomic E-state index is 10.9. The Kier molecular flexibility index (Phi) is 5.93. The van der Waals surface area contributed by atoms with Gasteiger partial charge in [0.2, 0.25) is 0 Å². The Bertz CT molecular complexity index is 542.